The summed E-state index contributed by atoms with van der Waals surface area (Å²) in [6.45, 7) is 2.54. The van der Waals surface area contributed by atoms with Crippen LogP contribution in [0.4, 0.5) is 0 Å². The summed E-state index contributed by atoms with van der Waals surface area (Å²) in [5, 5.41) is 0. The molecule has 5 aliphatic carbocycles. The highest BCUT2D eigenvalue weighted by atomic mass is 14.5. The standard InChI is InChI=1S/C26H42/c1-18-22-14-4-2-3-9-19-12-7-16-24-25(26(24)20-10-5-6-11-20)17-21(19)13-8-15-23(18)22/h18-23,26H,2-17H2,1H3. The van der Waals surface area contributed by atoms with Crippen LogP contribution in [0.2, 0.25) is 0 Å². The van der Waals surface area contributed by atoms with E-state index in [1.54, 1.807) is 51.4 Å². The molecule has 6 atom stereocenters. The van der Waals surface area contributed by atoms with E-state index in [4.69, 9.17) is 0 Å². The highest BCUT2D eigenvalue weighted by Gasteiger charge is 2.46. The normalized spacial score (nSPS) is 44.7. The highest BCUT2D eigenvalue weighted by molar-refractivity contribution is 5.43. The number of allylic oxidation sites excluding steroid dienone is 2. The van der Waals surface area contributed by atoms with Gasteiger partial charge >= 0.3 is 0 Å². The first-order chi connectivity index (χ1) is 12.8. The van der Waals surface area contributed by atoms with Gasteiger partial charge in [-0.25, -0.2) is 0 Å². The van der Waals surface area contributed by atoms with Crippen LogP contribution in [0, 0.1) is 41.4 Å². The molecule has 0 aromatic carbocycles. The molecule has 5 rings (SSSR count). The van der Waals surface area contributed by atoms with Gasteiger partial charge in [0.25, 0.3) is 0 Å². The highest BCUT2D eigenvalue weighted by Crippen LogP contribution is 2.57. The Bertz CT molecular complexity index is 522. The van der Waals surface area contributed by atoms with Crippen LogP contribution in [-0.4, -0.2) is 0 Å². The van der Waals surface area contributed by atoms with Gasteiger partial charge in [-0.2, -0.15) is 0 Å². The van der Waals surface area contributed by atoms with Crippen molar-refractivity contribution in [2.45, 2.75) is 110 Å². The summed E-state index contributed by atoms with van der Waals surface area (Å²) >= 11 is 0. The van der Waals surface area contributed by atoms with Crippen molar-refractivity contribution in [3.05, 3.63) is 11.1 Å². The summed E-state index contributed by atoms with van der Waals surface area (Å²) in [7, 11) is 0. The molecule has 0 spiro atoms. The molecule has 3 fully saturated rings. The molecule has 146 valence electrons. The van der Waals surface area contributed by atoms with Gasteiger partial charge < -0.3 is 0 Å². The Labute approximate surface area is 162 Å². The summed E-state index contributed by atoms with van der Waals surface area (Å²) in [5.74, 6) is 7.52. The van der Waals surface area contributed by atoms with E-state index in [9.17, 15) is 0 Å². The van der Waals surface area contributed by atoms with Crippen LogP contribution in [0.5, 0.6) is 0 Å². The summed E-state index contributed by atoms with van der Waals surface area (Å²) in [6.07, 6.45) is 24.6. The van der Waals surface area contributed by atoms with Crippen molar-refractivity contribution in [2.75, 3.05) is 0 Å². The largest absolute Gasteiger partial charge is 0.0629 e. The molecule has 0 aromatic heterocycles. The molecule has 0 radical (unpaired) electrons. The molecule has 6 unspecified atom stereocenters. The van der Waals surface area contributed by atoms with E-state index in [1.807, 2.05) is 11.1 Å². The van der Waals surface area contributed by atoms with Gasteiger partial charge in [0.1, 0.15) is 0 Å². The molecule has 0 nitrogen and oxygen atoms in total. The molecule has 0 N–H and O–H groups in total. The lowest BCUT2D eigenvalue weighted by atomic mass is 9.77. The molecule has 0 aliphatic heterocycles. The van der Waals surface area contributed by atoms with Crippen molar-refractivity contribution in [2.24, 2.45) is 41.4 Å². The predicted octanol–water partition coefficient (Wildman–Crippen LogP) is 7.93. The van der Waals surface area contributed by atoms with Gasteiger partial charge in [-0.15, -0.1) is 0 Å². The molecular formula is C26H42. The SMILES string of the molecule is CC1C2CCCCCC3CCCC4=C(CC3CCCC12)C4C1CCCC1. The number of hydrogen-bond acceptors (Lipinski definition) is 0. The van der Waals surface area contributed by atoms with Crippen LogP contribution in [0.15, 0.2) is 11.1 Å². The third-order valence-corrected chi connectivity index (χ3v) is 9.61. The van der Waals surface area contributed by atoms with Crippen LogP contribution in [0.1, 0.15) is 110 Å². The predicted molar refractivity (Wildman–Crippen MR) is 111 cm³/mol. The third-order valence-electron chi connectivity index (χ3n) is 9.61. The zero-order chi connectivity index (χ0) is 17.5. The second-order valence-electron chi connectivity index (χ2n) is 10.9. The zero-order valence-electron chi connectivity index (χ0n) is 17.4. The lowest BCUT2D eigenvalue weighted by Gasteiger charge is -2.28. The van der Waals surface area contributed by atoms with E-state index in [0.29, 0.717) is 0 Å². The smallest absolute Gasteiger partial charge is 0.00411 e. The van der Waals surface area contributed by atoms with Gasteiger partial charge in [-0.05, 0) is 93.3 Å². The van der Waals surface area contributed by atoms with Gasteiger partial charge in [-0.3, -0.25) is 0 Å². The Hall–Kier alpha value is -0.260. The molecule has 3 saturated carbocycles. The van der Waals surface area contributed by atoms with Crippen molar-refractivity contribution >= 4 is 0 Å². The van der Waals surface area contributed by atoms with Crippen molar-refractivity contribution in [1.29, 1.82) is 0 Å². The molecule has 26 heavy (non-hydrogen) atoms. The maximum Gasteiger partial charge on any atom is 0.00411 e. The maximum absolute atomic E-state index is 2.54. The molecule has 0 heterocycles. The van der Waals surface area contributed by atoms with Crippen molar-refractivity contribution in [1.82, 2.24) is 0 Å². The molecule has 0 bridgehead atoms. The fourth-order valence-electron chi connectivity index (χ4n) is 7.90. The van der Waals surface area contributed by atoms with Crippen LogP contribution < -0.4 is 0 Å². The number of rotatable bonds is 1. The molecule has 0 aromatic rings. The molecular weight excluding hydrogens is 312 g/mol. The summed E-state index contributed by atoms with van der Waals surface area (Å²) in [5.41, 5.74) is 3.99. The van der Waals surface area contributed by atoms with Crippen LogP contribution >= 0.6 is 0 Å². The average Bonchev–Trinajstić information content (AvgIpc) is 3.33. The van der Waals surface area contributed by atoms with E-state index in [2.05, 4.69) is 6.92 Å². The van der Waals surface area contributed by atoms with Crippen LogP contribution in [0.3, 0.4) is 0 Å². The molecule has 0 amide bonds. The lowest BCUT2D eigenvalue weighted by Crippen LogP contribution is -2.17. The average molecular weight is 355 g/mol. The second-order valence-corrected chi connectivity index (χ2v) is 10.9. The van der Waals surface area contributed by atoms with E-state index >= 15 is 0 Å². The quantitative estimate of drug-likeness (QED) is 0.419. The Balaban J connectivity index is 1.24. The van der Waals surface area contributed by atoms with E-state index < -0.39 is 0 Å². The fraction of sp³-hybridized carbons (Fsp3) is 0.923. The topological polar surface area (TPSA) is 0 Å². The molecule has 0 heteroatoms. The van der Waals surface area contributed by atoms with E-state index in [1.165, 1.54) is 51.4 Å². The Morgan fingerprint density at radius 1 is 0.538 bits per heavy atom. The van der Waals surface area contributed by atoms with E-state index in [0.717, 1.165) is 41.4 Å². The first-order valence-electron chi connectivity index (χ1n) is 12.5. The van der Waals surface area contributed by atoms with Gasteiger partial charge in [0.15, 0.2) is 0 Å². The first-order valence-corrected chi connectivity index (χ1v) is 12.5. The van der Waals surface area contributed by atoms with Crippen molar-refractivity contribution in [3.63, 3.8) is 0 Å². The minimum absolute atomic E-state index is 1.02. The van der Waals surface area contributed by atoms with Gasteiger partial charge in [0.05, 0.1) is 0 Å². The van der Waals surface area contributed by atoms with Crippen LogP contribution in [0.25, 0.3) is 0 Å². The van der Waals surface area contributed by atoms with Crippen molar-refractivity contribution in [3.8, 4) is 0 Å². The Morgan fingerprint density at radius 3 is 2.00 bits per heavy atom. The summed E-state index contributed by atoms with van der Waals surface area (Å²) in [6, 6.07) is 0. The molecule has 5 aliphatic rings. The molecule has 0 saturated heterocycles. The third kappa shape index (κ3) is 3.56. The Kier molecular flexibility index (Phi) is 5.23. The van der Waals surface area contributed by atoms with Gasteiger partial charge in [0.2, 0.25) is 0 Å². The summed E-state index contributed by atoms with van der Waals surface area (Å²) < 4.78 is 0. The van der Waals surface area contributed by atoms with Gasteiger partial charge in [0, 0.05) is 5.92 Å². The van der Waals surface area contributed by atoms with Crippen LogP contribution in [-0.2, 0) is 0 Å². The van der Waals surface area contributed by atoms with Gasteiger partial charge in [-0.1, -0.05) is 63.0 Å². The monoisotopic (exact) mass is 354 g/mol. The minimum Gasteiger partial charge on any atom is -0.0629 e. The van der Waals surface area contributed by atoms with E-state index in [-0.39, 0.29) is 0 Å². The fourth-order valence-corrected chi connectivity index (χ4v) is 7.90. The minimum atomic E-state index is 1.02. The van der Waals surface area contributed by atoms with Crippen molar-refractivity contribution < 1.29 is 0 Å². The summed E-state index contributed by atoms with van der Waals surface area (Å²) in [4.78, 5) is 0. The lowest BCUT2D eigenvalue weighted by molar-refractivity contribution is 0.251. The number of hydrogen-bond donors (Lipinski definition) is 0. The number of fused-ring (bicyclic) bond motifs is 2. The zero-order valence-corrected chi connectivity index (χ0v) is 17.4. The first kappa shape index (κ1) is 17.8. The maximum atomic E-state index is 2.54. The second kappa shape index (κ2) is 7.63. The Morgan fingerprint density at radius 2 is 1.15 bits per heavy atom.